The molecule has 0 saturated carbocycles. The zero-order chi connectivity index (χ0) is 13.7. The second-order valence-corrected chi connectivity index (χ2v) is 5.19. The van der Waals surface area contributed by atoms with Gasteiger partial charge in [-0.3, -0.25) is 4.90 Å². The lowest BCUT2D eigenvalue weighted by Crippen LogP contribution is -2.43. The summed E-state index contributed by atoms with van der Waals surface area (Å²) in [5.74, 6) is -0.124. The van der Waals surface area contributed by atoms with Gasteiger partial charge in [0.15, 0.2) is 0 Å². The van der Waals surface area contributed by atoms with Crippen LogP contribution in [0.2, 0.25) is 0 Å². The van der Waals surface area contributed by atoms with Crippen LogP contribution in [0.1, 0.15) is 24.9 Å². The second kappa shape index (κ2) is 6.98. The van der Waals surface area contributed by atoms with Crippen molar-refractivity contribution in [2.75, 3.05) is 33.4 Å². The van der Waals surface area contributed by atoms with E-state index in [0.717, 1.165) is 38.3 Å². The summed E-state index contributed by atoms with van der Waals surface area (Å²) in [7, 11) is 2.04. The molecule has 1 fully saturated rings. The van der Waals surface area contributed by atoms with E-state index >= 15 is 0 Å². The number of nitrogens with one attached hydrogen (secondary N) is 1. The fourth-order valence-corrected chi connectivity index (χ4v) is 2.41. The quantitative estimate of drug-likeness (QED) is 0.884. The molecule has 1 N–H and O–H groups in total. The highest BCUT2D eigenvalue weighted by Crippen LogP contribution is 2.21. The van der Waals surface area contributed by atoms with Crippen LogP contribution >= 0.6 is 0 Å². The summed E-state index contributed by atoms with van der Waals surface area (Å²) in [5.41, 5.74) is 0.762. The molecule has 1 aliphatic rings. The molecule has 0 spiro atoms. The summed E-state index contributed by atoms with van der Waals surface area (Å²) < 4.78 is 19.2. The number of hydrogen-bond donors (Lipinski definition) is 1. The lowest BCUT2D eigenvalue weighted by Gasteiger charge is -2.29. The molecule has 3 nitrogen and oxygen atoms in total. The van der Waals surface area contributed by atoms with Gasteiger partial charge >= 0.3 is 0 Å². The highest BCUT2D eigenvalue weighted by Gasteiger charge is 2.18. The van der Waals surface area contributed by atoms with Crippen molar-refractivity contribution >= 4 is 0 Å². The molecule has 0 aromatic heterocycles. The summed E-state index contributed by atoms with van der Waals surface area (Å²) in [4.78, 5) is 2.19. The number of halogens is 1. The SMILES string of the molecule is CC(c1ccccc1F)N(C)CCC1COCCN1. The third kappa shape index (κ3) is 4.00. The van der Waals surface area contributed by atoms with Crippen LogP contribution in [-0.2, 0) is 4.74 Å². The van der Waals surface area contributed by atoms with Gasteiger partial charge in [-0.15, -0.1) is 0 Å². The number of morpholine rings is 1. The second-order valence-electron chi connectivity index (χ2n) is 5.19. The zero-order valence-corrected chi connectivity index (χ0v) is 11.7. The molecule has 1 aromatic carbocycles. The smallest absolute Gasteiger partial charge is 0.127 e. The molecule has 1 heterocycles. The van der Waals surface area contributed by atoms with Crippen LogP contribution in [0.4, 0.5) is 4.39 Å². The van der Waals surface area contributed by atoms with E-state index in [2.05, 4.69) is 10.2 Å². The van der Waals surface area contributed by atoms with Crippen molar-refractivity contribution in [3.05, 3.63) is 35.6 Å². The van der Waals surface area contributed by atoms with Crippen molar-refractivity contribution in [2.45, 2.75) is 25.4 Å². The Morgan fingerprint density at radius 2 is 2.26 bits per heavy atom. The Kier molecular flexibility index (Phi) is 5.31. The molecule has 19 heavy (non-hydrogen) atoms. The Hall–Kier alpha value is -0.970. The Morgan fingerprint density at radius 1 is 1.47 bits per heavy atom. The molecular weight excluding hydrogens is 243 g/mol. The minimum absolute atomic E-state index is 0.0886. The Balaban J connectivity index is 1.85. The molecule has 2 unspecified atom stereocenters. The van der Waals surface area contributed by atoms with E-state index in [1.807, 2.05) is 26.1 Å². The molecule has 0 amide bonds. The Morgan fingerprint density at radius 3 is 2.95 bits per heavy atom. The summed E-state index contributed by atoms with van der Waals surface area (Å²) >= 11 is 0. The van der Waals surface area contributed by atoms with Crippen LogP contribution in [0.5, 0.6) is 0 Å². The molecule has 4 heteroatoms. The number of hydrogen-bond acceptors (Lipinski definition) is 3. The maximum atomic E-state index is 13.7. The van der Waals surface area contributed by atoms with E-state index < -0.39 is 0 Å². The molecule has 106 valence electrons. The summed E-state index contributed by atoms with van der Waals surface area (Å²) in [6.45, 7) is 5.48. The molecule has 2 rings (SSSR count). The summed E-state index contributed by atoms with van der Waals surface area (Å²) in [6.07, 6.45) is 1.02. The molecular formula is C15H23FN2O. The van der Waals surface area contributed by atoms with Crippen molar-refractivity contribution in [2.24, 2.45) is 0 Å². The van der Waals surface area contributed by atoms with E-state index in [1.165, 1.54) is 6.07 Å². The van der Waals surface area contributed by atoms with Crippen LogP contribution in [0.3, 0.4) is 0 Å². The van der Waals surface area contributed by atoms with Gasteiger partial charge in [0.1, 0.15) is 5.82 Å². The zero-order valence-electron chi connectivity index (χ0n) is 11.7. The number of benzene rings is 1. The topological polar surface area (TPSA) is 24.5 Å². The predicted octanol–water partition coefficient (Wildman–Crippen LogP) is 2.20. The van der Waals surface area contributed by atoms with Crippen molar-refractivity contribution in [3.8, 4) is 0 Å². The van der Waals surface area contributed by atoms with Gasteiger partial charge in [-0.25, -0.2) is 4.39 Å². The predicted molar refractivity (Wildman–Crippen MR) is 74.7 cm³/mol. The summed E-state index contributed by atoms with van der Waals surface area (Å²) in [5, 5.41) is 3.44. The van der Waals surface area contributed by atoms with Crippen molar-refractivity contribution in [1.29, 1.82) is 0 Å². The van der Waals surface area contributed by atoms with E-state index in [0.29, 0.717) is 6.04 Å². The van der Waals surface area contributed by atoms with Gasteiger partial charge in [-0.05, 0) is 33.0 Å². The monoisotopic (exact) mass is 266 g/mol. The first-order chi connectivity index (χ1) is 9.18. The van der Waals surface area contributed by atoms with Gasteiger partial charge < -0.3 is 10.1 Å². The van der Waals surface area contributed by atoms with Gasteiger partial charge in [0.2, 0.25) is 0 Å². The van der Waals surface area contributed by atoms with Gasteiger partial charge in [-0.1, -0.05) is 18.2 Å². The van der Waals surface area contributed by atoms with Gasteiger partial charge in [0.25, 0.3) is 0 Å². The fraction of sp³-hybridized carbons (Fsp3) is 0.600. The van der Waals surface area contributed by atoms with E-state index in [4.69, 9.17) is 4.74 Å². The van der Waals surface area contributed by atoms with Crippen LogP contribution in [-0.4, -0.2) is 44.3 Å². The van der Waals surface area contributed by atoms with Crippen LogP contribution in [0, 0.1) is 5.82 Å². The van der Waals surface area contributed by atoms with Crippen molar-refractivity contribution in [1.82, 2.24) is 10.2 Å². The van der Waals surface area contributed by atoms with Crippen molar-refractivity contribution in [3.63, 3.8) is 0 Å². The van der Waals surface area contributed by atoms with E-state index in [9.17, 15) is 4.39 Å². The van der Waals surface area contributed by atoms with Crippen LogP contribution in [0.25, 0.3) is 0 Å². The molecule has 0 bridgehead atoms. The third-order valence-corrected chi connectivity index (χ3v) is 3.85. The molecule has 1 aromatic rings. The highest BCUT2D eigenvalue weighted by atomic mass is 19.1. The number of rotatable bonds is 5. The largest absolute Gasteiger partial charge is 0.379 e. The van der Waals surface area contributed by atoms with E-state index in [1.54, 1.807) is 6.07 Å². The Bertz CT molecular complexity index is 393. The molecule has 1 aliphatic heterocycles. The van der Waals surface area contributed by atoms with Crippen LogP contribution in [0.15, 0.2) is 24.3 Å². The first kappa shape index (κ1) is 14.4. The minimum Gasteiger partial charge on any atom is -0.379 e. The Labute approximate surface area is 114 Å². The van der Waals surface area contributed by atoms with Crippen LogP contribution < -0.4 is 5.32 Å². The number of nitrogens with zero attached hydrogens (tertiary/aromatic N) is 1. The minimum atomic E-state index is -0.124. The molecule has 0 radical (unpaired) electrons. The normalized spacial score (nSPS) is 21.6. The standard InChI is InChI=1S/C15H23FN2O/c1-12(14-5-3-4-6-15(14)16)18(2)9-7-13-11-19-10-8-17-13/h3-6,12-13,17H,7-11H2,1-2H3. The van der Waals surface area contributed by atoms with E-state index in [-0.39, 0.29) is 11.9 Å². The summed E-state index contributed by atoms with van der Waals surface area (Å²) in [6, 6.07) is 7.51. The third-order valence-electron chi connectivity index (χ3n) is 3.85. The maximum Gasteiger partial charge on any atom is 0.127 e. The van der Waals surface area contributed by atoms with Gasteiger partial charge in [-0.2, -0.15) is 0 Å². The molecule has 1 saturated heterocycles. The first-order valence-electron chi connectivity index (χ1n) is 6.94. The van der Waals surface area contributed by atoms with Gasteiger partial charge in [0, 0.05) is 24.2 Å². The lowest BCUT2D eigenvalue weighted by atomic mass is 10.1. The average molecular weight is 266 g/mol. The van der Waals surface area contributed by atoms with Gasteiger partial charge in [0.05, 0.1) is 13.2 Å². The average Bonchev–Trinajstić information content (AvgIpc) is 2.45. The number of ether oxygens (including phenoxy) is 1. The van der Waals surface area contributed by atoms with Crippen molar-refractivity contribution < 1.29 is 9.13 Å². The maximum absolute atomic E-state index is 13.7. The highest BCUT2D eigenvalue weighted by molar-refractivity contribution is 5.20. The lowest BCUT2D eigenvalue weighted by molar-refractivity contribution is 0.0694. The fourth-order valence-electron chi connectivity index (χ4n) is 2.41. The first-order valence-corrected chi connectivity index (χ1v) is 6.94. The molecule has 2 atom stereocenters. The molecule has 0 aliphatic carbocycles.